The van der Waals surface area contributed by atoms with Gasteiger partial charge in [-0.3, -0.25) is 15.1 Å². The van der Waals surface area contributed by atoms with Crippen LogP contribution in [0.5, 0.6) is 0 Å². The molecule has 1 aromatic heterocycles. The normalized spacial score (nSPS) is 9.73. The number of aromatic nitrogens is 2. The summed E-state index contributed by atoms with van der Waals surface area (Å²) in [5, 5.41) is 2.85. The van der Waals surface area contributed by atoms with Gasteiger partial charge in [-0.2, -0.15) is 0 Å². The van der Waals surface area contributed by atoms with E-state index in [2.05, 4.69) is 26.1 Å². The van der Waals surface area contributed by atoms with Crippen molar-refractivity contribution >= 4 is 23.6 Å². The Labute approximate surface area is 127 Å². The fourth-order valence-corrected chi connectivity index (χ4v) is 1.63. The van der Waals surface area contributed by atoms with Crippen molar-refractivity contribution in [2.75, 3.05) is 24.3 Å². The van der Waals surface area contributed by atoms with Gasteiger partial charge >= 0.3 is 6.03 Å². The lowest BCUT2D eigenvalue weighted by molar-refractivity contribution is 0.0937. The zero-order chi connectivity index (χ0) is 15.9. The highest BCUT2D eigenvalue weighted by Crippen LogP contribution is 2.11. The number of carbonyl (C=O) groups is 2. The van der Waals surface area contributed by atoms with E-state index in [1.54, 1.807) is 43.4 Å². The maximum atomic E-state index is 12.0. The van der Waals surface area contributed by atoms with Crippen LogP contribution in [-0.2, 0) is 0 Å². The molecule has 22 heavy (non-hydrogen) atoms. The molecule has 8 heteroatoms. The van der Waals surface area contributed by atoms with E-state index in [-0.39, 0.29) is 0 Å². The van der Waals surface area contributed by atoms with Gasteiger partial charge in [-0.05, 0) is 12.1 Å². The Morgan fingerprint density at radius 3 is 2.50 bits per heavy atom. The highest BCUT2D eigenvalue weighted by atomic mass is 16.2. The minimum atomic E-state index is -0.523. The molecule has 114 valence electrons. The molecule has 3 amide bonds. The summed E-state index contributed by atoms with van der Waals surface area (Å²) in [5.41, 5.74) is 5.11. The second-order valence-corrected chi connectivity index (χ2v) is 4.32. The summed E-state index contributed by atoms with van der Waals surface area (Å²) in [6, 6.07) is 9.66. The van der Waals surface area contributed by atoms with E-state index in [9.17, 15) is 9.59 Å². The van der Waals surface area contributed by atoms with E-state index in [0.29, 0.717) is 17.2 Å². The smallest absolute Gasteiger partial charge is 0.341 e. The van der Waals surface area contributed by atoms with Crippen LogP contribution in [0.3, 0.4) is 0 Å². The fraction of sp³-hybridized carbons (Fsp3) is 0.143. The Kier molecular flexibility index (Phi) is 4.86. The summed E-state index contributed by atoms with van der Waals surface area (Å²) in [4.78, 5) is 33.0. The van der Waals surface area contributed by atoms with Crippen molar-refractivity contribution in [2.24, 2.45) is 0 Å². The number of nitrogens with one attached hydrogen (secondary N) is 3. The molecule has 2 aromatic rings. The van der Waals surface area contributed by atoms with Crippen molar-refractivity contribution < 1.29 is 9.59 Å². The number of benzene rings is 1. The van der Waals surface area contributed by atoms with Crippen molar-refractivity contribution in [3.63, 3.8) is 0 Å². The molecule has 0 radical (unpaired) electrons. The molecule has 0 unspecified atom stereocenters. The molecular weight excluding hydrogens is 284 g/mol. The third kappa shape index (κ3) is 3.69. The zero-order valence-electron chi connectivity index (χ0n) is 12.2. The van der Waals surface area contributed by atoms with Crippen LogP contribution in [-0.4, -0.2) is 36.0 Å². The van der Waals surface area contributed by atoms with E-state index in [4.69, 9.17) is 0 Å². The lowest BCUT2D eigenvalue weighted by Crippen LogP contribution is -2.48. The molecule has 1 aromatic carbocycles. The number of urea groups is 1. The lowest BCUT2D eigenvalue weighted by atomic mass is 10.2. The van der Waals surface area contributed by atoms with Crippen LogP contribution in [0.1, 0.15) is 10.4 Å². The molecule has 2 rings (SSSR count). The average molecular weight is 300 g/mol. The van der Waals surface area contributed by atoms with Crippen LogP contribution < -0.4 is 21.1 Å². The molecule has 1 heterocycles. The molecular formula is C14H16N6O2. The predicted molar refractivity (Wildman–Crippen MR) is 82.4 cm³/mol. The number of rotatable bonds is 3. The standard InChI is InChI=1S/C14H16N6O2/c1-15-11-8-12(17-9-16-11)20(2)14(22)19-18-13(21)10-6-4-3-5-7-10/h3-9H,1-2H3,(H,18,21)(H,19,22)(H,15,16,17). The van der Waals surface area contributed by atoms with Gasteiger partial charge in [0.1, 0.15) is 18.0 Å². The third-order valence-electron chi connectivity index (χ3n) is 2.88. The van der Waals surface area contributed by atoms with Crippen LogP contribution in [0.15, 0.2) is 42.7 Å². The molecule has 0 aliphatic heterocycles. The maximum absolute atomic E-state index is 12.0. The number of hydrogen-bond acceptors (Lipinski definition) is 5. The van der Waals surface area contributed by atoms with Gasteiger partial charge in [-0.15, -0.1) is 0 Å². The second-order valence-electron chi connectivity index (χ2n) is 4.32. The fourth-order valence-electron chi connectivity index (χ4n) is 1.63. The highest BCUT2D eigenvalue weighted by Gasteiger charge is 2.14. The first-order chi connectivity index (χ1) is 10.6. The second kappa shape index (κ2) is 7.02. The third-order valence-corrected chi connectivity index (χ3v) is 2.88. The van der Waals surface area contributed by atoms with Gasteiger partial charge in [0.15, 0.2) is 0 Å². The first-order valence-electron chi connectivity index (χ1n) is 6.50. The van der Waals surface area contributed by atoms with E-state index in [1.807, 2.05) is 0 Å². The van der Waals surface area contributed by atoms with E-state index >= 15 is 0 Å². The lowest BCUT2D eigenvalue weighted by Gasteiger charge is -2.17. The van der Waals surface area contributed by atoms with E-state index in [0.717, 1.165) is 0 Å². The number of anilines is 2. The largest absolute Gasteiger partial charge is 0.373 e. The first kappa shape index (κ1) is 15.2. The minimum Gasteiger partial charge on any atom is -0.373 e. The molecule has 0 aliphatic carbocycles. The topological polar surface area (TPSA) is 99.2 Å². The van der Waals surface area contributed by atoms with Crippen LogP contribution >= 0.6 is 0 Å². The molecule has 0 saturated heterocycles. The highest BCUT2D eigenvalue weighted by molar-refractivity contribution is 5.97. The quantitative estimate of drug-likeness (QED) is 0.735. The Hall–Kier alpha value is -3.16. The number of hydrazine groups is 1. The molecule has 0 saturated carbocycles. The van der Waals surface area contributed by atoms with Gasteiger partial charge in [0, 0.05) is 25.7 Å². The number of amides is 3. The van der Waals surface area contributed by atoms with E-state index < -0.39 is 11.9 Å². The summed E-state index contributed by atoms with van der Waals surface area (Å²) in [7, 11) is 3.25. The van der Waals surface area contributed by atoms with Gasteiger partial charge in [0.05, 0.1) is 0 Å². The zero-order valence-corrected chi connectivity index (χ0v) is 12.2. The van der Waals surface area contributed by atoms with Crippen LogP contribution in [0.25, 0.3) is 0 Å². The molecule has 8 nitrogen and oxygen atoms in total. The summed E-state index contributed by atoms with van der Waals surface area (Å²) in [6.07, 6.45) is 1.34. The van der Waals surface area contributed by atoms with Crippen LogP contribution in [0.2, 0.25) is 0 Å². The summed E-state index contributed by atoms with van der Waals surface area (Å²) in [6.45, 7) is 0. The van der Waals surface area contributed by atoms with Crippen molar-refractivity contribution in [3.8, 4) is 0 Å². The summed E-state index contributed by atoms with van der Waals surface area (Å²) >= 11 is 0. The number of nitrogens with zero attached hydrogens (tertiary/aromatic N) is 3. The van der Waals surface area contributed by atoms with Crippen molar-refractivity contribution in [1.29, 1.82) is 0 Å². The van der Waals surface area contributed by atoms with Gasteiger partial charge < -0.3 is 5.32 Å². The Bertz CT molecular complexity index is 661. The predicted octanol–water partition coefficient (Wildman–Crippen LogP) is 1.01. The van der Waals surface area contributed by atoms with Gasteiger partial charge in [0.25, 0.3) is 5.91 Å². The molecule has 0 aliphatic rings. The van der Waals surface area contributed by atoms with Gasteiger partial charge in [-0.25, -0.2) is 20.2 Å². The SMILES string of the molecule is CNc1cc(N(C)C(=O)NNC(=O)c2ccccc2)ncn1. The maximum Gasteiger partial charge on any atom is 0.341 e. The van der Waals surface area contributed by atoms with Crippen LogP contribution in [0.4, 0.5) is 16.4 Å². The Morgan fingerprint density at radius 1 is 1.09 bits per heavy atom. The van der Waals surface area contributed by atoms with Crippen molar-refractivity contribution in [2.45, 2.75) is 0 Å². The van der Waals surface area contributed by atoms with Crippen molar-refractivity contribution in [1.82, 2.24) is 20.8 Å². The number of hydrogen-bond donors (Lipinski definition) is 3. The van der Waals surface area contributed by atoms with E-state index in [1.165, 1.54) is 18.3 Å². The Morgan fingerprint density at radius 2 is 1.82 bits per heavy atom. The van der Waals surface area contributed by atoms with Gasteiger partial charge in [-0.1, -0.05) is 18.2 Å². The number of carbonyl (C=O) groups excluding carboxylic acids is 2. The molecule has 0 bridgehead atoms. The first-order valence-corrected chi connectivity index (χ1v) is 6.50. The molecule has 0 spiro atoms. The molecule has 0 atom stereocenters. The molecule has 0 fully saturated rings. The molecule has 3 N–H and O–H groups in total. The summed E-state index contributed by atoms with van der Waals surface area (Å²) < 4.78 is 0. The average Bonchev–Trinajstić information content (AvgIpc) is 2.59. The Balaban J connectivity index is 1.95. The monoisotopic (exact) mass is 300 g/mol. The van der Waals surface area contributed by atoms with Gasteiger partial charge in [0.2, 0.25) is 0 Å². The van der Waals surface area contributed by atoms with Crippen LogP contribution in [0, 0.1) is 0 Å². The summed E-state index contributed by atoms with van der Waals surface area (Å²) in [5.74, 6) is 0.574. The minimum absolute atomic E-state index is 0.394. The van der Waals surface area contributed by atoms with Crippen molar-refractivity contribution in [3.05, 3.63) is 48.3 Å².